The molecule has 0 aliphatic heterocycles. The Morgan fingerprint density at radius 1 is 0.760 bits per heavy atom. The van der Waals surface area contributed by atoms with Gasteiger partial charge in [-0.25, -0.2) is 0 Å². The minimum atomic E-state index is -1.25. The topological polar surface area (TPSA) is 261 Å². The van der Waals surface area contributed by atoms with E-state index in [4.69, 9.17) is 34.4 Å². The predicted molar refractivity (Wildman–Crippen MR) is 85.8 cm³/mol. The van der Waals surface area contributed by atoms with E-state index in [9.17, 15) is 19.8 Å². The van der Waals surface area contributed by atoms with Gasteiger partial charge in [-0.1, -0.05) is 0 Å². The maximum Gasteiger partial charge on any atom is 2.00 e. The molecule has 0 aliphatic carbocycles. The second-order valence-electron chi connectivity index (χ2n) is 4.75. The van der Waals surface area contributed by atoms with Gasteiger partial charge in [-0.2, -0.15) is 0 Å². The van der Waals surface area contributed by atoms with E-state index in [1.807, 2.05) is 0 Å². The Bertz CT molecular complexity index is 399. The summed E-state index contributed by atoms with van der Waals surface area (Å²) in [6.07, 6.45) is 1.71. The van der Waals surface area contributed by atoms with Crippen molar-refractivity contribution in [1.82, 2.24) is 0 Å². The van der Waals surface area contributed by atoms with Gasteiger partial charge in [0.1, 0.15) is 0 Å². The molecule has 25 heavy (non-hydrogen) atoms. The second-order valence-corrected chi connectivity index (χ2v) is 4.75. The standard InChI is InChI=1S/2C6H14N4O2.Cu/c2*7-4(5(11)12)2-1-3-10-6(8)9;/h2*4H,1-3,7H2,(H,11,12)(H4,8,9,10);/q;;+2/p-2/t2*4-;/m00./s1. The smallest absolute Gasteiger partial charge is 0.548 e. The van der Waals surface area contributed by atoms with Crippen molar-refractivity contribution in [2.45, 2.75) is 37.8 Å². The summed E-state index contributed by atoms with van der Waals surface area (Å²) in [6, 6.07) is -1.86. The number of carboxylic acid groups (broad SMARTS) is 2. The molecule has 0 saturated carbocycles. The van der Waals surface area contributed by atoms with Crippen molar-refractivity contribution < 1.29 is 36.9 Å². The number of aliphatic imine (C=N–C) groups is 2. The van der Waals surface area contributed by atoms with Crippen LogP contribution < -0.4 is 44.6 Å². The summed E-state index contributed by atoms with van der Waals surface area (Å²) < 4.78 is 0. The van der Waals surface area contributed by atoms with Crippen LogP contribution in [0.15, 0.2) is 9.98 Å². The van der Waals surface area contributed by atoms with E-state index in [-0.39, 0.29) is 29.0 Å². The molecule has 149 valence electrons. The molecule has 0 aliphatic rings. The molecule has 12 N–H and O–H groups in total. The molecule has 0 aromatic rings. The fourth-order valence-corrected chi connectivity index (χ4v) is 1.27. The third-order valence-corrected chi connectivity index (χ3v) is 2.54. The van der Waals surface area contributed by atoms with Gasteiger partial charge in [0.05, 0.1) is 11.9 Å². The van der Waals surface area contributed by atoms with Gasteiger partial charge in [0.15, 0.2) is 11.9 Å². The molecule has 0 heterocycles. The van der Waals surface area contributed by atoms with Crippen molar-refractivity contribution in [2.75, 3.05) is 13.1 Å². The molecule has 0 rings (SSSR count). The molecule has 0 fully saturated rings. The number of nitrogens with two attached hydrogens (primary N) is 6. The van der Waals surface area contributed by atoms with Crippen LogP contribution in [0.2, 0.25) is 0 Å². The summed E-state index contributed by atoms with van der Waals surface area (Å²) in [7, 11) is 0. The minimum Gasteiger partial charge on any atom is -0.548 e. The van der Waals surface area contributed by atoms with Gasteiger partial charge in [0.2, 0.25) is 0 Å². The Kier molecular flexibility index (Phi) is 18.6. The van der Waals surface area contributed by atoms with Gasteiger partial charge in [0, 0.05) is 25.2 Å². The van der Waals surface area contributed by atoms with E-state index >= 15 is 0 Å². The van der Waals surface area contributed by atoms with Crippen LogP contribution in [0, 0.1) is 0 Å². The van der Waals surface area contributed by atoms with E-state index in [1.165, 1.54) is 0 Å². The Labute approximate surface area is 156 Å². The monoisotopic (exact) mass is 409 g/mol. The Hall–Kier alpha value is -2.08. The van der Waals surface area contributed by atoms with Crippen molar-refractivity contribution in [2.24, 2.45) is 44.4 Å². The van der Waals surface area contributed by atoms with Gasteiger partial charge in [-0.3, -0.25) is 9.98 Å². The summed E-state index contributed by atoms with van der Waals surface area (Å²) in [5.41, 5.74) is 30.5. The summed E-state index contributed by atoms with van der Waals surface area (Å²) in [5, 5.41) is 20.2. The first kappa shape index (κ1) is 27.8. The molecule has 0 saturated heterocycles. The van der Waals surface area contributed by atoms with Crippen molar-refractivity contribution >= 4 is 23.9 Å². The van der Waals surface area contributed by atoms with Gasteiger partial charge < -0.3 is 54.2 Å². The normalized spacial score (nSPS) is 11.6. The van der Waals surface area contributed by atoms with Crippen LogP contribution >= 0.6 is 0 Å². The largest absolute Gasteiger partial charge is 2.00 e. The summed E-state index contributed by atoms with van der Waals surface area (Å²) in [5.74, 6) is -2.51. The first-order chi connectivity index (χ1) is 11.1. The molecule has 0 bridgehead atoms. The number of guanidine groups is 2. The van der Waals surface area contributed by atoms with Crippen molar-refractivity contribution in [3.05, 3.63) is 0 Å². The van der Waals surface area contributed by atoms with Gasteiger partial charge in [-0.15, -0.1) is 0 Å². The molecule has 2 atom stereocenters. The number of nitrogens with zero attached hydrogens (tertiary/aromatic N) is 2. The van der Waals surface area contributed by atoms with Crippen LogP contribution in [0.25, 0.3) is 0 Å². The van der Waals surface area contributed by atoms with Crippen molar-refractivity contribution in [3.63, 3.8) is 0 Å². The van der Waals surface area contributed by atoms with Crippen LogP contribution in [0.1, 0.15) is 25.7 Å². The molecule has 12 nitrogen and oxygen atoms in total. The van der Waals surface area contributed by atoms with Crippen LogP contribution in [0.5, 0.6) is 0 Å². The number of hydrogen-bond acceptors (Lipinski definition) is 8. The predicted octanol–water partition coefficient (Wildman–Crippen LogP) is -5.77. The van der Waals surface area contributed by atoms with E-state index < -0.39 is 24.0 Å². The first-order valence-corrected chi connectivity index (χ1v) is 7.11. The minimum absolute atomic E-state index is 0. The molecule has 13 heteroatoms. The average molecular weight is 410 g/mol. The Balaban J connectivity index is -0.000000372. The number of rotatable bonds is 10. The average Bonchev–Trinajstić information content (AvgIpc) is 2.47. The zero-order chi connectivity index (χ0) is 19.1. The summed E-state index contributed by atoms with van der Waals surface area (Å²) in [6.45, 7) is 0.784. The maximum absolute atomic E-state index is 10.1. The molecule has 0 spiro atoms. The van der Waals surface area contributed by atoms with Gasteiger partial charge in [0.25, 0.3) is 0 Å². The van der Waals surface area contributed by atoms with E-state index in [1.54, 1.807) is 0 Å². The Morgan fingerprint density at radius 2 is 1.04 bits per heavy atom. The number of hydrogen-bond donors (Lipinski definition) is 6. The van der Waals surface area contributed by atoms with Crippen LogP contribution in [0.4, 0.5) is 0 Å². The van der Waals surface area contributed by atoms with E-state index in [2.05, 4.69) is 9.98 Å². The van der Waals surface area contributed by atoms with Gasteiger partial charge >= 0.3 is 17.1 Å². The summed E-state index contributed by atoms with van der Waals surface area (Å²) in [4.78, 5) is 27.5. The maximum atomic E-state index is 10.1. The molecular weight excluding hydrogens is 384 g/mol. The van der Waals surface area contributed by atoms with Crippen molar-refractivity contribution in [1.29, 1.82) is 0 Å². The van der Waals surface area contributed by atoms with Crippen LogP contribution in [-0.2, 0) is 26.7 Å². The SMILES string of the molecule is NC(N)=NCCC[C@H](N)C(=O)[O-].NC(N)=NCCC[C@H](N)C(=O)[O-].[Cu+2]. The van der Waals surface area contributed by atoms with Crippen LogP contribution in [-0.4, -0.2) is 49.0 Å². The van der Waals surface area contributed by atoms with Crippen molar-refractivity contribution in [3.8, 4) is 0 Å². The fraction of sp³-hybridized carbons (Fsp3) is 0.667. The molecule has 0 aromatic carbocycles. The first-order valence-electron chi connectivity index (χ1n) is 7.11. The van der Waals surface area contributed by atoms with Crippen LogP contribution in [0.3, 0.4) is 0 Å². The third-order valence-electron chi connectivity index (χ3n) is 2.54. The Morgan fingerprint density at radius 3 is 1.24 bits per heavy atom. The third kappa shape index (κ3) is 21.9. The molecule has 0 aromatic heterocycles. The summed E-state index contributed by atoms with van der Waals surface area (Å²) >= 11 is 0. The van der Waals surface area contributed by atoms with E-state index in [0.29, 0.717) is 38.8 Å². The molecule has 0 unspecified atom stereocenters. The molecular formula is C12H26CuN8O4. The molecule has 0 amide bonds. The quantitative estimate of drug-likeness (QED) is 0.0860. The van der Waals surface area contributed by atoms with Gasteiger partial charge in [-0.05, 0) is 25.7 Å². The number of carbonyl (C=O) groups excluding carboxylic acids is 2. The number of carbonyl (C=O) groups is 2. The number of aliphatic carboxylic acids is 2. The molecule has 1 radical (unpaired) electrons. The zero-order valence-corrected chi connectivity index (χ0v) is 14.6. The zero-order valence-electron chi connectivity index (χ0n) is 13.7. The second kappa shape index (κ2) is 16.8. The number of carboxylic acids is 2. The fourth-order valence-electron chi connectivity index (χ4n) is 1.27. The van der Waals surface area contributed by atoms with E-state index in [0.717, 1.165) is 0 Å².